The van der Waals surface area contributed by atoms with Gasteiger partial charge < -0.3 is 15.5 Å². The van der Waals surface area contributed by atoms with Gasteiger partial charge in [-0.1, -0.05) is 0 Å². The summed E-state index contributed by atoms with van der Waals surface area (Å²) in [6.07, 6.45) is 0. The lowest BCUT2D eigenvalue weighted by Gasteiger charge is -2.15. The number of carbonyl (C=O) groups excluding carboxylic acids is 2. The Hall–Kier alpha value is -2.80. The van der Waals surface area contributed by atoms with Crippen LogP contribution in [0.2, 0.25) is 0 Å². The lowest BCUT2D eigenvalue weighted by Crippen LogP contribution is -3.12. The average Bonchev–Trinajstić information content (AvgIpc) is 2.65. The van der Waals surface area contributed by atoms with Gasteiger partial charge in [-0.3, -0.25) is 9.59 Å². The number of carbonyl (C=O) groups is 2. The van der Waals surface area contributed by atoms with Crippen LogP contribution < -0.4 is 15.5 Å². The van der Waals surface area contributed by atoms with Gasteiger partial charge >= 0.3 is 0 Å². The number of nitrogens with one attached hydrogen (secondary N) is 3. The van der Waals surface area contributed by atoms with Crippen molar-refractivity contribution in [2.24, 2.45) is 0 Å². The van der Waals surface area contributed by atoms with Gasteiger partial charge in [-0.2, -0.15) is 0 Å². The van der Waals surface area contributed by atoms with E-state index in [1.165, 1.54) is 4.90 Å². The molecule has 27 heavy (non-hydrogen) atoms. The topological polar surface area (TPSA) is 62.6 Å². The summed E-state index contributed by atoms with van der Waals surface area (Å²) in [5.41, 5.74) is 0.779. The normalized spacial score (nSPS) is 10.7. The minimum absolute atomic E-state index is 0.117. The summed E-state index contributed by atoms with van der Waals surface area (Å²) in [5, 5.41) is 5.41. The number of hydrogen-bond acceptors (Lipinski definition) is 2. The van der Waals surface area contributed by atoms with Crippen LogP contribution in [-0.4, -0.2) is 38.0 Å². The molecule has 5 nitrogen and oxygen atoms in total. The van der Waals surface area contributed by atoms with Crippen LogP contribution in [0.5, 0.6) is 0 Å². The Morgan fingerprint density at radius 3 is 2.04 bits per heavy atom. The Kier molecular flexibility index (Phi) is 7.43. The number of amides is 2. The summed E-state index contributed by atoms with van der Waals surface area (Å²) in [6, 6.07) is 8.92. The van der Waals surface area contributed by atoms with Crippen molar-refractivity contribution < 1.29 is 23.3 Å². The number of quaternary nitrogens is 1. The fourth-order valence-electron chi connectivity index (χ4n) is 2.65. The zero-order valence-electron chi connectivity index (χ0n) is 15.4. The first kappa shape index (κ1) is 20.5. The maximum Gasteiger partial charge on any atom is 0.255 e. The van der Waals surface area contributed by atoms with Crippen LogP contribution in [-0.2, 0) is 0 Å². The summed E-state index contributed by atoms with van der Waals surface area (Å²) in [6.45, 7) is 7.67. The van der Waals surface area contributed by atoms with Crippen molar-refractivity contribution in [3.05, 3.63) is 65.2 Å². The quantitative estimate of drug-likeness (QED) is 0.659. The number of likely N-dealkylation sites (N-methyl/N-ethyl adjacent to an activating group) is 1. The molecule has 2 aromatic rings. The molecule has 0 saturated carbocycles. The van der Waals surface area contributed by atoms with E-state index < -0.39 is 17.5 Å². The van der Waals surface area contributed by atoms with E-state index in [0.29, 0.717) is 23.9 Å². The molecular formula is C20H24F2N3O2+. The van der Waals surface area contributed by atoms with Crippen LogP contribution in [0, 0.1) is 11.6 Å². The lowest BCUT2D eigenvalue weighted by molar-refractivity contribution is -0.895. The van der Waals surface area contributed by atoms with Gasteiger partial charge in [0.15, 0.2) is 0 Å². The Morgan fingerprint density at radius 2 is 1.48 bits per heavy atom. The maximum absolute atomic E-state index is 13.2. The highest BCUT2D eigenvalue weighted by molar-refractivity contribution is 6.04. The van der Waals surface area contributed by atoms with Gasteiger partial charge in [-0.25, -0.2) is 8.78 Å². The van der Waals surface area contributed by atoms with E-state index >= 15 is 0 Å². The molecule has 2 rings (SSSR count). The van der Waals surface area contributed by atoms with Crippen LogP contribution >= 0.6 is 0 Å². The Balaban J connectivity index is 1.92. The van der Waals surface area contributed by atoms with Crippen molar-refractivity contribution in [1.82, 2.24) is 5.32 Å². The Morgan fingerprint density at radius 1 is 0.889 bits per heavy atom. The number of hydrogen-bond donors (Lipinski definition) is 3. The average molecular weight is 376 g/mol. The van der Waals surface area contributed by atoms with Crippen molar-refractivity contribution in [2.45, 2.75) is 13.8 Å². The molecule has 0 heterocycles. The van der Waals surface area contributed by atoms with E-state index in [9.17, 15) is 18.4 Å². The molecular weight excluding hydrogens is 352 g/mol. The second-order valence-electron chi connectivity index (χ2n) is 6.15. The molecule has 0 unspecified atom stereocenters. The van der Waals surface area contributed by atoms with Gasteiger partial charge in [0.05, 0.1) is 26.2 Å². The number of benzene rings is 2. The van der Waals surface area contributed by atoms with Gasteiger partial charge in [-0.05, 0) is 50.2 Å². The van der Waals surface area contributed by atoms with Crippen LogP contribution in [0.1, 0.15) is 34.6 Å². The summed E-state index contributed by atoms with van der Waals surface area (Å²) < 4.78 is 26.4. The highest BCUT2D eigenvalue weighted by Gasteiger charge is 2.11. The van der Waals surface area contributed by atoms with Crippen LogP contribution in [0.4, 0.5) is 14.5 Å². The first-order valence-corrected chi connectivity index (χ1v) is 8.92. The first-order chi connectivity index (χ1) is 12.9. The first-order valence-electron chi connectivity index (χ1n) is 8.92. The second kappa shape index (κ2) is 9.78. The van der Waals surface area contributed by atoms with Gasteiger partial charge in [-0.15, -0.1) is 0 Å². The van der Waals surface area contributed by atoms with E-state index in [2.05, 4.69) is 24.5 Å². The molecule has 0 fully saturated rings. The molecule has 0 saturated heterocycles. The minimum atomic E-state index is -0.821. The second-order valence-corrected chi connectivity index (χ2v) is 6.15. The van der Waals surface area contributed by atoms with Gasteiger partial charge in [0.2, 0.25) is 0 Å². The molecule has 2 aromatic carbocycles. The lowest BCUT2D eigenvalue weighted by atomic mass is 10.1. The molecule has 0 aliphatic rings. The SMILES string of the molecule is CC[NH+](CC)CCNC(=O)c1ccc(NC(=O)c2cc(F)cc(F)c2)cc1. The number of rotatable bonds is 8. The summed E-state index contributed by atoms with van der Waals surface area (Å²) in [5.74, 6) is -2.46. The maximum atomic E-state index is 13.2. The molecule has 0 bridgehead atoms. The van der Waals surface area contributed by atoms with Crippen LogP contribution in [0.25, 0.3) is 0 Å². The van der Waals surface area contributed by atoms with E-state index in [1.54, 1.807) is 24.3 Å². The third-order valence-corrected chi connectivity index (χ3v) is 4.29. The van der Waals surface area contributed by atoms with Gasteiger partial charge in [0, 0.05) is 22.9 Å². The predicted molar refractivity (Wildman–Crippen MR) is 100.0 cm³/mol. The molecule has 0 aliphatic heterocycles. The molecule has 0 spiro atoms. The van der Waals surface area contributed by atoms with E-state index in [-0.39, 0.29) is 11.5 Å². The monoisotopic (exact) mass is 376 g/mol. The van der Waals surface area contributed by atoms with Crippen molar-refractivity contribution in [1.29, 1.82) is 0 Å². The molecule has 3 N–H and O–H groups in total. The Labute approximate surface area is 157 Å². The molecule has 0 aliphatic carbocycles. The third-order valence-electron chi connectivity index (χ3n) is 4.29. The van der Waals surface area contributed by atoms with Crippen molar-refractivity contribution in [3.8, 4) is 0 Å². The Bertz CT molecular complexity index is 770. The zero-order chi connectivity index (χ0) is 19.8. The van der Waals surface area contributed by atoms with Crippen molar-refractivity contribution in [2.75, 3.05) is 31.5 Å². The summed E-state index contributed by atoms with van der Waals surface area (Å²) >= 11 is 0. The molecule has 0 atom stereocenters. The number of anilines is 1. The van der Waals surface area contributed by atoms with Crippen molar-refractivity contribution >= 4 is 17.5 Å². The fraction of sp³-hybridized carbons (Fsp3) is 0.300. The molecule has 2 amide bonds. The highest BCUT2D eigenvalue weighted by Crippen LogP contribution is 2.13. The van der Waals surface area contributed by atoms with E-state index in [4.69, 9.17) is 0 Å². The third kappa shape index (κ3) is 6.14. The van der Waals surface area contributed by atoms with Gasteiger partial charge in [0.25, 0.3) is 11.8 Å². The molecule has 144 valence electrons. The fourth-order valence-corrected chi connectivity index (χ4v) is 2.65. The standard InChI is InChI=1S/C20H23F2N3O2/c1-3-25(4-2)10-9-23-19(26)14-5-7-18(8-6-14)24-20(27)15-11-16(21)13-17(22)12-15/h5-8,11-13H,3-4,9-10H2,1-2H3,(H,23,26)(H,24,27)/p+1. The molecule has 0 aromatic heterocycles. The molecule has 7 heteroatoms. The number of halogens is 2. The largest absolute Gasteiger partial charge is 0.346 e. The zero-order valence-corrected chi connectivity index (χ0v) is 15.4. The highest BCUT2D eigenvalue weighted by atomic mass is 19.1. The van der Waals surface area contributed by atoms with Crippen LogP contribution in [0.3, 0.4) is 0 Å². The predicted octanol–water partition coefficient (Wildman–Crippen LogP) is 1.87. The minimum Gasteiger partial charge on any atom is -0.346 e. The summed E-state index contributed by atoms with van der Waals surface area (Å²) in [7, 11) is 0. The van der Waals surface area contributed by atoms with E-state index in [0.717, 1.165) is 31.8 Å². The summed E-state index contributed by atoms with van der Waals surface area (Å²) in [4.78, 5) is 25.6. The molecule has 0 radical (unpaired) electrons. The van der Waals surface area contributed by atoms with Gasteiger partial charge in [0.1, 0.15) is 11.6 Å². The van der Waals surface area contributed by atoms with Crippen LogP contribution in [0.15, 0.2) is 42.5 Å². The van der Waals surface area contributed by atoms with Crippen molar-refractivity contribution in [3.63, 3.8) is 0 Å². The van der Waals surface area contributed by atoms with E-state index in [1.807, 2.05) is 0 Å². The smallest absolute Gasteiger partial charge is 0.255 e.